The van der Waals surface area contributed by atoms with Crippen LogP contribution in [0.4, 0.5) is 13.2 Å². The maximum Gasteiger partial charge on any atom is 0.410 e. The Morgan fingerprint density at radius 3 is 2.57 bits per heavy atom. The monoisotopic (exact) mass is 227 g/mol. The molecule has 0 fully saturated rings. The van der Waals surface area contributed by atoms with Gasteiger partial charge in [-0.2, -0.15) is 13.2 Å². The van der Waals surface area contributed by atoms with Crippen LogP contribution in [-0.2, 0) is 0 Å². The summed E-state index contributed by atoms with van der Waals surface area (Å²) in [6.07, 6.45) is -3.73. The van der Waals surface area contributed by atoms with E-state index in [9.17, 15) is 18.0 Å². The number of H-pyrrole nitrogens is 1. The molecular weight excluding hydrogens is 223 g/mol. The van der Waals surface area contributed by atoms with Gasteiger partial charge in [-0.25, -0.2) is 0 Å². The van der Waals surface area contributed by atoms with E-state index < -0.39 is 28.4 Å². The zero-order valence-corrected chi connectivity index (χ0v) is 7.36. The van der Waals surface area contributed by atoms with Crippen LogP contribution in [0.1, 0.15) is 11.1 Å². The first-order chi connectivity index (χ1) is 6.34. The summed E-state index contributed by atoms with van der Waals surface area (Å²) in [5.74, 6) is -1.01. The maximum absolute atomic E-state index is 12.1. The molecule has 0 aliphatic rings. The first kappa shape index (κ1) is 10.9. The van der Waals surface area contributed by atoms with E-state index in [0.717, 1.165) is 12.3 Å². The van der Waals surface area contributed by atoms with Gasteiger partial charge >= 0.3 is 6.18 Å². The Balaban J connectivity index is 3.21. The van der Waals surface area contributed by atoms with Crippen molar-refractivity contribution in [2.75, 3.05) is 0 Å². The Morgan fingerprint density at radius 1 is 1.50 bits per heavy atom. The predicted molar refractivity (Wildman–Crippen MR) is 43.4 cm³/mol. The van der Waals surface area contributed by atoms with Gasteiger partial charge in [0, 0.05) is 12.3 Å². The van der Waals surface area contributed by atoms with Crippen LogP contribution in [0.2, 0.25) is 0 Å². The van der Waals surface area contributed by atoms with E-state index in [-0.39, 0.29) is 0 Å². The zero-order chi connectivity index (χ0) is 10.9. The summed E-state index contributed by atoms with van der Waals surface area (Å²) in [4.78, 5) is 12.9. The van der Waals surface area contributed by atoms with Crippen molar-refractivity contribution >= 4 is 11.6 Å². The van der Waals surface area contributed by atoms with Crippen LogP contribution in [0.3, 0.4) is 0 Å². The van der Waals surface area contributed by atoms with Gasteiger partial charge in [0.05, 0.1) is 5.69 Å². The average molecular weight is 228 g/mol. The molecule has 1 heterocycles. The third kappa shape index (κ3) is 2.01. The van der Waals surface area contributed by atoms with E-state index in [1.165, 1.54) is 0 Å². The Labute approximate surface area is 81.1 Å². The molecule has 1 aromatic heterocycles. The van der Waals surface area contributed by atoms with Crippen molar-refractivity contribution in [3.63, 3.8) is 0 Å². The standard InChI is InChI=1S/C7H5ClF3NO2/c8-6(7(9,10)11)4-5(14)3(13)1-2-12-4/h1-2,6,14H,(H,12,13). The fraction of sp³-hybridized carbons (Fsp3) is 0.286. The van der Waals surface area contributed by atoms with Crippen molar-refractivity contribution in [1.29, 1.82) is 0 Å². The van der Waals surface area contributed by atoms with Crippen LogP contribution in [0.25, 0.3) is 0 Å². The molecule has 78 valence electrons. The molecule has 0 aliphatic carbocycles. The van der Waals surface area contributed by atoms with Gasteiger partial charge in [0.25, 0.3) is 0 Å². The third-order valence-corrected chi connectivity index (χ3v) is 1.97. The topological polar surface area (TPSA) is 53.1 Å². The van der Waals surface area contributed by atoms with Gasteiger partial charge in [0.2, 0.25) is 5.43 Å². The molecule has 0 aromatic carbocycles. The van der Waals surface area contributed by atoms with E-state index in [0.29, 0.717) is 0 Å². The summed E-state index contributed by atoms with van der Waals surface area (Å²) in [6, 6.07) is 0.902. The molecule has 0 saturated heterocycles. The molecule has 0 radical (unpaired) electrons. The minimum atomic E-state index is -4.72. The van der Waals surface area contributed by atoms with Crippen LogP contribution in [0.5, 0.6) is 5.75 Å². The number of aromatic nitrogens is 1. The zero-order valence-electron chi connectivity index (χ0n) is 6.60. The number of aromatic hydroxyl groups is 1. The van der Waals surface area contributed by atoms with E-state index in [4.69, 9.17) is 16.7 Å². The lowest BCUT2D eigenvalue weighted by molar-refractivity contribution is -0.132. The van der Waals surface area contributed by atoms with Crippen molar-refractivity contribution in [3.8, 4) is 5.75 Å². The normalized spacial score (nSPS) is 14.0. The Kier molecular flexibility index (Phi) is 2.75. The number of halogens is 4. The lowest BCUT2D eigenvalue weighted by Crippen LogP contribution is -2.18. The molecule has 3 nitrogen and oxygen atoms in total. The van der Waals surface area contributed by atoms with Gasteiger partial charge in [-0.05, 0) is 0 Å². The molecular formula is C7H5ClF3NO2. The van der Waals surface area contributed by atoms with Crippen LogP contribution in [0, 0.1) is 0 Å². The minimum Gasteiger partial charge on any atom is -0.503 e. The molecule has 1 unspecified atom stereocenters. The number of aromatic amines is 1. The van der Waals surface area contributed by atoms with Crippen LogP contribution < -0.4 is 5.43 Å². The Bertz CT molecular complexity index is 387. The first-order valence-corrected chi connectivity index (χ1v) is 3.89. The van der Waals surface area contributed by atoms with E-state index >= 15 is 0 Å². The van der Waals surface area contributed by atoms with Gasteiger partial charge in [-0.3, -0.25) is 4.79 Å². The SMILES string of the molecule is O=c1cc[nH]c(C(Cl)C(F)(F)F)c1O. The average Bonchev–Trinajstić information content (AvgIpc) is 2.07. The first-order valence-electron chi connectivity index (χ1n) is 3.45. The van der Waals surface area contributed by atoms with E-state index in [1.54, 1.807) is 0 Å². The molecule has 7 heteroatoms. The van der Waals surface area contributed by atoms with Gasteiger partial charge in [-0.15, -0.1) is 11.6 Å². The molecule has 0 spiro atoms. The molecule has 1 aromatic rings. The second kappa shape index (κ2) is 3.53. The number of hydrogen-bond donors (Lipinski definition) is 2. The summed E-state index contributed by atoms with van der Waals surface area (Å²) >= 11 is 5.00. The fourth-order valence-electron chi connectivity index (χ4n) is 0.844. The molecule has 0 saturated carbocycles. The van der Waals surface area contributed by atoms with Crippen molar-refractivity contribution in [2.45, 2.75) is 11.6 Å². The Hall–Kier alpha value is -1.17. The molecule has 0 bridgehead atoms. The highest BCUT2D eigenvalue weighted by Crippen LogP contribution is 2.39. The summed E-state index contributed by atoms with van der Waals surface area (Å²) in [5.41, 5.74) is -1.65. The highest BCUT2D eigenvalue weighted by molar-refractivity contribution is 6.21. The molecule has 0 aliphatic heterocycles. The quantitative estimate of drug-likeness (QED) is 0.720. The number of rotatable bonds is 1. The van der Waals surface area contributed by atoms with Gasteiger partial charge < -0.3 is 10.1 Å². The summed E-state index contributed by atoms with van der Waals surface area (Å²) in [7, 11) is 0. The smallest absolute Gasteiger partial charge is 0.410 e. The third-order valence-electron chi connectivity index (χ3n) is 1.50. The highest BCUT2D eigenvalue weighted by atomic mass is 35.5. The van der Waals surface area contributed by atoms with Crippen molar-refractivity contribution < 1.29 is 18.3 Å². The molecule has 14 heavy (non-hydrogen) atoms. The maximum atomic E-state index is 12.1. The van der Waals surface area contributed by atoms with Gasteiger partial charge in [0.15, 0.2) is 11.1 Å². The number of pyridine rings is 1. The van der Waals surface area contributed by atoms with Gasteiger partial charge in [-0.1, -0.05) is 0 Å². The van der Waals surface area contributed by atoms with Crippen molar-refractivity contribution in [2.24, 2.45) is 0 Å². The predicted octanol–water partition coefficient (Wildman–Crippen LogP) is 1.92. The highest BCUT2D eigenvalue weighted by Gasteiger charge is 2.41. The van der Waals surface area contributed by atoms with E-state index in [1.807, 2.05) is 0 Å². The second-order valence-electron chi connectivity index (χ2n) is 2.51. The molecule has 1 atom stereocenters. The number of alkyl halides is 4. The van der Waals surface area contributed by atoms with Crippen molar-refractivity contribution in [1.82, 2.24) is 4.98 Å². The lowest BCUT2D eigenvalue weighted by Gasteiger charge is -2.13. The van der Waals surface area contributed by atoms with Crippen LogP contribution in [0.15, 0.2) is 17.1 Å². The summed E-state index contributed by atoms with van der Waals surface area (Å²) in [5, 5.41) is 6.58. The fourth-order valence-corrected chi connectivity index (χ4v) is 1.01. The van der Waals surface area contributed by atoms with E-state index in [2.05, 4.69) is 4.98 Å². The Morgan fingerprint density at radius 2 is 2.07 bits per heavy atom. The van der Waals surface area contributed by atoms with Gasteiger partial charge in [0.1, 0.15) is 0 Å². The number of nitrogens with one attached hydrogen (secondary N) is 1. The lowest BCUT2D eigenvalue weighted by atomic mass is 10.2. The summed E-state index contributed by atoms with van der Waals surface area (Å²) in [6.45, 7) is 0. The molecule has 2 N–H and O–H groups in total. The van der Waals surface area contributed by atoms with Crippen LogP contribution in [-0.4, -0.2) is 16.3 Å². The van der Waals surface area contributed by atoms with Crippen molar-refractivity contribution in [3.05, 3.63) is 28.2 Å². The largest absolute Gasteiger partial charge is 0.503 e. The van der Waals surface area contributed by atoms with Crippen LogP contribution >= 0.6 is 11.6 Å². The molecule has 1 rings (SSSR count). The second-order valence-corrected chi connectivity index (χ2v) is 2.94. The minimum absolute atomic E-state index is 0.744. The molecule has 0 amide bonds. The number of hydrogen-bond acceptors (Lipinski definition) is 2. The summed E-state index contributed by atoms with van der Waals surface area (Å²) < 4.78 is 36.2.